The van der Waals surface area contributed by atoms with E-state index in [9.17, 15) is 4.79 Å². The SMILES string of the molecule is CCC1(CC)CCN(CC2CCC(C(=O)O)O2)C1. The summed E-state index contributed by atoms with van der Waals surface area (Å²) in [5.74, 6) is -0.810. The van der Waals surface area contributed by atoms with Crippen molar-refractivity contribution in [3.8, 4) is 0 Å². The molecule has 0 bridgehead atoms. The maximum absolute atomic E-state index is 10.8. The average Bonchev–Trinajstić information content (AvgIpc) is 2.97. The molecule has 4 nitrogen and oxygen atoms in total. The van der Waals surface area contributed by atoms with E-state index in [1.807, 2.05) is 0 Å². The van der Waals surface area contributed by atoms with Crippen LogP contribution in [0.15, 0.2) is 0 Å². The highest BCUT2D eigenvalue weighted by atomic mass is 16.5. The van der Waals surface area contributed by atoms with E-state index in [0.29, 0.717) is 11.8 Å². The molecule has 2 rings (SSSR count). The van der Waals surface area contributed by atoms with Crippen LogP contribution in [-0.4, -0.2) is 47.8 Å². The Labute approximate surface area is 109 Å². The van der Waals surface area contributed by atoms with E-state index in [-0.39, 0.29) is 6.10 Å². The molecule has 0 radical (unpaired) electrons. The number of ether oxygens (including phenoxy) is 1. The highest BCUT2D eigenvalue weighted by Gasteiger charge is 2.37. The molecule has 0 aromatic heterocycles. The Morgan fingerprint density at radius 2 is 2.11 bits per heavy atom. The maximum atomic E-state index is 10.8. The number of rotatable bonds is 5. The van der Waals surface area contributed by atoms with Crippen molar-refractivity contribution in [1.29, 1.82) is 0 Å². The predicted octanol–water partition coefficient (Wildman–Crippen LogP) is 2.13. The molecule has 1 N–H and O–H groups in total. The Morgan fingerprint density at radius 1 is 1.39 bits per heavy atom. The van der Waals surface area contributed by atoms with Crippen LogP contribution in [-0.2, 0) is 9.53 Å². The second-order valence-electron chi connectivity index (χ2n) is 5.85. The Balaban J connectivity index is 1.80. The number of nitrogens with zero attached hydrogens (tertiary/aromatic N) is 1. The molecule has 2 saturated heterocycles. The molecule has 2 atom stereocenters. The van der Waals surface area contributed by atoms with Gasteiger partial charge in [0.25, 0.3) is 0 Å². The van der Waals surface area contributed by atoms with Gasteiger partial charge in [0.1, 0.15) is 0 Å². The first kappa shape index (κ1) is 13.8. The summed E-state index contributed by atoms with van der Waals surface area (Å²) < 4.78 is 5.58. The van der Waals surface area contributed by atoms with E-state index in [1.165, 1.54) is 19.3 Å². The van der Waals surface area contributed by atoms with Gasteiger partial charge in [-0.15, -0.1) is 0 Å². The van der Waals surface area contributed by atoms with Gasteiger partial charge in [0, 0.05) is 13.1 Å². The smallest absolute Gasteiger partial charge is 0.332 e. The lowest BCUT2D eigenvalue weighted by atomic mass is 9.82. The van der Waals surface area contributed by atoms with E-state index in [0.717, 1.165) is 26.1 Å². The molecule has 0 spiro atoms. The van der Waals surface area contributed by atoms with Crippen LogP contribution in [0.1, 0.15) is 46.0 Å². The van der Waals surface area contributed by atoms with Gasteiger partial charge in [-0.25, -0.2) is 4.79 Å². The first-order valence-electron chi connectivity index (χ1n) is 7.19. The molecule has 2 aliphatic heterocycles. The van der Waals surface area contributed by atoms with Gasteiger partial charge in [-0.2, -0.15) is 0 Å². The Kier molecular flexibility index (Phi) is 4.28. The van der Waals surface area contributed by atoms with Crippen LogP contribution in [0.2, 0.25) is 0 Å². The molecule has 0 aromatic carbocycles. The zero-order valence-electron chi connectivity index (χ0n) is 11.5. The molecule has 2 heterocycles. The summed E-state index contributed by atoms with van der Waals surface area (Å²) in [5.41, 5.74) is 0.491. The van der Waals surface area contributed by atoms with E-state index in [4.69, 9.17) is 9.84 Å². The monoisotopic (exact) mass is 255 g/mol. The fourth-order valence-electron chi connectivity index (χ4n) is 3.32. The lowest BCUT2D eigenvalue weighted by Gasteiger charge is -2.27. The van der Waals surface area contributed by atoms with E-state index < -0.39 is 12.1 Å². The molecule has 18 heavy (non-hydrogen) atoms. The summed E-state index contributed by atoms with van der Waals surface area (Å²) >= 11 is 0. The summed E-state index contributed by atoms with van der Waals surface area (Å²) in [7, 11) is 0. The standard InChI is InChI=1S/C14H25NO3/c1-3-14(4-2)7-8-15(10-14)9-11-5-6-12(18-11)13(16)17/h11-12H,3-10H2,1-2H3,(H,16,17). The minimum atomic E-state index is -0.810. The van der Waals surface area contributed by atoms with Crippen molar-refractivity contribution >= 4 is 5.97 Å². The van der Waals surface area contributed by atoms with Gasteiger partial charge in [0.15, 0.2) is 6.10 Å². The predicted molar refractivity (Wildman–Crippen MR) is 69.6 cm³/mol. The molecule has 0 aromatic rings. The van der Waals surface area contributed by atoms with E-state index in [2.05, 4.69) is 18.7 Å². The van der Waals surface area contributed by atoms with Crippen molar-refractivity contribution in [2.45, 2.75) is 58.2 Å². The van der Waals surface area contributed by atoms with Crippen molar-refractivity contribution in [3.05, 3.63) is 0 Å². The molecule has 2 aliphatic rings. The number of hydrogen-bond acceptors (Lipinski definition) is 3. The molecule has 0 aliphatic carbocycles. The maximum Gasteiger partial charge on any atom is 0.332 e. The third-order valence-electron chi connectivity index (χ3n) is 4.86. The molecule has 4 heteroatoms. The highest BCUT2D eigenvalue weighted by Crippen LogP contribution is 2.37. The first-order chi connectivity index (χ1) is 8.58. The van der Waals surface area contributed by atoms with Gasteiger partial charge >= 0.3 is 5.97 Å². The van der Waals surface area contributed by atoms with Crippen molar-refractivity contribution in [2.24, 2.45) is 5.41 Å². The van der Waals surface area contributed by atoms with Crippen molar-refractivity contribution in [3.63, 3.8) is 0 Å². The number of hydrogen-bond donors (Lipinski definition) is 1. The van der Waals surface area contributed by atoms with Crippen molar-refractivity contribution < 1.29 is 14.6 Å². The Morgan fingerprint density at radius 3 is 2.61 bits per heavy atom. The number of carbonyl (C=O) groups is 1. The molecule has 0 saturated carbocycles. The summed E-state index contributed by atoms with van der Waals surface area (Å²) in [6.07, 6.45) is 4.86. The van der Waals surface area contributed by atoms with Crippen LogP contribution in [0.4, 0.5) is 0 Å². The number of likely N-dealkylation sites (tertiary alicyclic amines) is 1. The van der Waals surface area contributed by atoms with Crippen molar-refractivity contribution in [1.82, 2.24) is 4.90 Å². The fourth-order valence-corrected chi connectivity index (χ4v) is 3.32. The largest absolute Gasteiger partial charge is 0.479 e. The summed E-state index contributed by atoms with van der Waals surface area (Å²) in [5, 5.41) is 8.91. The molecule has 2 unspecified atom stereocenters. The lowest BCUT2D eigenvalue weighted by Crippen LogP contribution is -2.33. The second kappa shape index (κ2) is 5.57. The van der Waals surface area contributed by atoms with Crippen molar-refractivity contribution in [2.75, 3.05) is 19.6 Å². The van der Waals surface area contributed by atoms with Crippen LogP contribution in [0, 0.1) is 5.41 Å². The average molecular weight is 255 g/mol. The second-order valence-corrected chi connectivity index (χ2v) is 5.85. The Bertz CT molecular complexity index is 301. The number of carboxylic acids is 1. The minimum Gasteiger partial charge on any atom is -0.479 e. The number of aliphatic carboxylic acids is 1. The zero-order chi connectivity index (χ0) is 13.2. The molecule has 104 valence electrons. The normalized spacial score (nSPS) is 31.9. The topological polar surface area (TPSA) is 49.8 Å². The fraction of sp³-hybridized carbons (Fsp3) is 0.929. The summed E-state index contributed by atoms with van der Waals surface area (Å²) in [6, 6.07) is 0. The van der Waals surface area contributed by atoms with Gasteiger partial charge in [-0.05, 0) is 44.1 Å². The highest BCUT2D eigenvalue weighted by molar-refractivity contribution is 5.72. The van der Waals surface area contributed by atoms with E-state index >= 15 is 0 Å². The molecular formula is C14H25NO3. The third-order valence-corrected chi connectivity index (χ3v) is 4.86. The molecular weight excluding hydrogens is 230 g/mol. The third kappa shape index (κ3) is 2.86. The quantitative estimate of drug-likeness (QED) is 0.817. The summed E-state index contributed by atoms with van der Waals surface area (Å²) in [6.45, 7) is 7.75. The Hall–Kier alpha value is -0.610. The minimum absolute atomic E-state index is 0.121. The van der Waals surface area contributed by atoms with Crippen LogP contribution in [0.25, 0.3) is 0 Å². The molecule has 0 amide bonds. The number of carboxylic acid groups (broad SMARTS) is 1. The zero-order valence-corrected chi connectivity index (χ0v) is 11.5. The molecule has 2 fully saturated rings. The van der Waals surface area contributed by atoms with Crippen LogP contribution >= 0.6 is 0 Å². The van der Waals surface area contributed by atoms with Gasteiger partial charge < -0.3 is 14.7 Å². The van der Waals surface area contributed by atoms with Crippen LogP contribution < -0.4 is 0 Å². The summed E-state index contributed by atoms with van der Waals surface area (Å²) in [4.78, 5) is 13.3. The van der Waals surface area contributed by atoms with Crippen LogP contribution in [0.5, 0.6) is 0 Å². The van der Waals surface area contributed by atoms with Gasteiger partial charge in [-0.1, -0.05) is 13.8 Å². The lowest BCUT2D eigenvalue weighted by molar-refractivity contribution is -0.149. The first-order valence-corrected chi connectivity index (χ1v) is 7.19. The van der Waals surface area contributed by atoms with Gasteiger partial charge in [0.05, 0.1) is 6.10 Å². The van der Waals surface area contributed by atoms with Gasteiger partial charge in [-0.3, -0.25) is 0 Å². The van der Waals surface area contributed by atoms with Gasteiger partial charge in [0.2, 0.25) is 0 Å². The van der Waals surface area contributed by atoms with E-state index in [1.54, 1.807) is 0 Å². The van der Waals surface area contributed by atoms with Crippen LogP contribution in [0.3, 0.4) is 0 Å².